The van der Waals surface area contributed by atoms with E-state index in [4.69, 9.17) is 39.4 Å². The van der Waals surface area contributed by atoms with Crippen molar-refractivity contribution in [2.75, 3.05) is 25.2 Å². The molecule has 0 spiro atoms. The number of rotatable bonds is 15. The summed E-state index contributed by atoms with van der Waals surface area (Å²) >= 11 is 5.72. The van der Waals surface area contributed by atoms with E-state index in [1.807, 2.05) is 6.07 Å². The van der Waals surface area contributed by atoms with Crippen molar-refractivity contribution in [1.29, 1.82) is 5.26 Å². The van der Waals surface area contributed by atoms with Gasteiger partial charge in [-0.1, -0.05) is 25.1 Å². The predicted molar refractivity (Wildman–Crippen MR) is 198 cm³/mol. The van der Waals surface area contributed by atoms with Crippen molar-refractivity contribution in [3.8, 4) is 6.07 Å². The number of fused-ring (bicyclic) bond motifs is 2. The van der Waals surface area contributed by atoms with Crippen molar-refractivity contribution >= 4 is 60.8 Å². The molecule has 6 heterocycles. The molecular formula is C33H35F2N10O9P2S+. The van der Waals surface area contributed by atoms with Gasteiger partial charge in [0.2, 0.25) is 0 Å². The molecule has 2 aliphatic heterocycles. The summed E-state index contributed by atoms with van der Waals surface area (Å²) in [7, 11) is -1.77. The maximum Gasteiger partial charge on any atom is 0.695 e. The van der Waals surface area contributed by atoms with Gasteiger partial charge < -0.3 is 18.5 Å². The lowest BCUT2D eigenvalue weighted by atomic mass is 10.1. The first kappa shape index (κ1) is 40.8. The lowest BCUT2D eigenvalue weighted by molar-refractivity contribution is -0.0465. The Morgan fingerprint density at radius 3 is 2.28 bits per heavy atom. The van der Waals surface area contributed by atoms with Crippen LogP contribution in [0.25, 0.3) is 22.3 Å². The number of halogens is 2. The highest BCUT2D eigenvalue weighted by Crippen LogP contribution is 2.55. The summed E-state index contributed by atoms with van der Waals surface area (Å²) in [6, 6.07) is 10.5. The average molecular weight is 848 g/mol. The number of anilines is 1. The summed E-state index contributed by atoms with van der Waals surface area (Å²) in [5, 5.41) is 9.20. The Kier molecular flexibility index (Phi) is 12.3. The van der Waals surface area contributed by atoms with Crippen LogP contribution in [-0.2, 0) is 43.9 Å². The average Bonchev–Trinajstić information content (AvgIpc) is 3.98. The van der Waals surface area contributed by atoms with Gasteiger partial charge in [0.05, 0.1) is 50.2 Å². The Morgan fingerprint density at radius 1 is 0.982 bits per heavy atom. The van der Waals surface area contributed by atoms with Crippen molar-refractivity contribution in [2.24, 2.45) is 0 Å². The number of benzene rings is 1. The van der Waals surface area contributed by atoms with E-state index in [-0.39, 0.29) is 48.0 Å². The fourth-order valence-electron chi connectivity index (χ4n) is 6.57. The van der Waals surface area contributed by atoms with E-state index in [2.05, 4.69) is 29.9 Å². The van der Waals surface area contributed by atoms with Crippen LogP contribution >= 0.6 is 15.0 Å². The van der Waals surface area contributed by atoms with Crippen LogP contribution in [0.2, 0.25) is 0 Å². The standard InChI is InChI=1S/C33H34F2N10O9P2S/c1-4-20-27(23(35)33(51-20)45-17-42-25-28(38-15-40-30(25)45)43(3)31(46)19-9-6-5-7-10-19)54-56(57,49-12-8-11-36)50-13-21-26(53-55(47)48)22(34)32(52-21)44-16-41-24-18(2)37-14-39-29(24)44/h5-7,9-10,14-17,20-23,26-27,32-33H,4,8,12-13H2,1-3H3/p+1/t20-,21-,22-,23-,26-,27-,32-,33-,56?/m1/s1. The van der Waals surface area contributed by atoms with Gasteiger partial charge in [-0.15, -0.1) is 9.42 Å². The van der Waals surface area contributed by atoms with Crippen LogP contribution in [0.15, 0.2) is 55.6 Å². The molecule has 0 saturated carbocycles. The number of imidazole rings is 2. The molecule has 2 aliphatic rings. The van der Waals surface area contributed by atoms with Gasteiger partial charge in [0.25, 0.3) is 5.91 Å². The quantitative estimate of drug-likeness (QED) is 0.111. The normalized spacial score (nSPS) is 26.1. The number of carbonyl (C=O) groups is 1. The fraction of sp³-hybridized carbons (Fsp3) is 0.455. The third-order valence-electron chi connectivity index (χ3n) is 9.33. The van der Waals surface area contributed by atoms with Gasteiger partial charge in [0.15, 0.2) is 53.5 Å². The maximum absolute atomic E-state index is 16.7. The van der Waals surface area contributed by atoms with Gasteiger partial charge in [-0.25, -0.2) is 38.7 Å². The Balaban J connectivity index is 1.12. The molecule has 2 saturated heterocycles. The SMILES string of the molecule is CC[C@H]1O[C@@H](n2cnc3c(N(C)C(=O)c4ccccc4)ncnc32)[C@H](F)[C@@H]1OP(=S)(OCCC#N)OC[C@H]1O[C@@H](n2cnc3c(C)ncnc32)[C@H](F)[C@@H]1O[P+](=O)O. The number of alkyl halides is 2. The fourth-order valence-corrected chi connectivity index (χ4v) is 9.12. The molecule has 57 heavy (non-hydrogen) atoms. The molecule has 4 aromatic heterocycles. The van der Waals surface area contributed by atoms with E-state index in [1.165, 1.54) is 46.4 Å². The number of hydrogen-bond donors (Lipinski definition) is 1. The van der Waals surface area contributed by atoms with E-state index < -0.39 is 70.8 Å². The molecule has 0 radical (unpaired) electrons. The van der Waals surface area contributed by atoms with Crippen molar-refractivity contribution in [3.05, 3.63) is 66.9 Å². The lowest BCUT2D eigenvalue weighted by Gasteiger charge is -2.28. The number of amides is 1. The van der Waals surface area contributed by atoms with Gasteiger partial charge in [-0.3, -0.25) is 23.4 Å². The smallest absolute Gasteiger partial charge is 0.349 e. The third kappa shape index (κ3) is 8.18. The third-order valence-corrected chi connectivity index (χ3v) is 12.1. The molecular weight excluding hydrogens is 812 g/mol. The second-order valence-electron chi connectivity index (χ2n) is 12.8. The highest BCUT2D eigenvalue weighted by molar-refractivity contribution is 8.07. The van der Waals surface area contributed by atoms with Crippen molar-refractivity contribution in [1.82, 2.24) is 39.0 Å². The van der Waals surface area contributed by atoms with Gasteiger partial charge in [0.1, 0.15) is 30.4 Å². The molecule has 2 fully saturated rings. The van der Waals surface area contributed by atoms with Crippen LogP contribution in [0.1, 0.15) is 48.3 Å². The summed E-state index contributed by atoms with van der Waals surface area (Å²) in [5.41, 5.74) is 1.96. The summed E-state index contributed by atoms with van der Waals surface area (Å²) < 4.78 is 82.2. The molecule has 1 amide bonds. The highest BCUT2D eigenvalue weighted by atomic mass is 32.5. The summed E-state index contributed by atoms with van der Waals surface area (Å²) in [4.78, 5) is 49.6. The molecule has 300 valence electrons. The number of hydrogen-bond acceptors (Lipinski definition) is 16. The van der Waals surface area contributed by atoms with Crippen LogP contribution < -0.4 is 4.90 Å². The minimum atomic E-state index is -4.02. The molecule has 10 atom stereocenters. The molecule has 1 N–H and O–H groups in total. The minimum absolute atomic E-state index is 0.129. The zero-order chi connectivity index (χ0) is 40.4. The summed E-state index contributed by atoms with van der Waals surface area (Å²) in [6.07, 6.45) is -6.80. The van der Waals surface area contributed by atoms with Crippen molar-refractivity contribution < 1.29 is 50.6 Å². The van der Waals surface area contributed by atoms with E-state index in [9.17, 15) is 19.5 Å². The van der Waals surface area contributed by atoms with Crippen LogP contribution in [0.4, 0.5) is 14.6 Å². The van der Waals surface area contributed by atoms with Gasteiger partial charge in [-0.05, 0) is 37.3 Å². The molecule has 1 aromatic carbocycles. The molecule has 0 aliphatic carbocycles. The number of carbonyl (C=O) groups excluding carboxylic acids is 1. The van der Waals surface area contributed by atoms with Crippen molar-refractivity contribution in [3.63, 3.8) is 0 Å². The van der Waals surface area contributed by atoms with Gasteiger partial charge in [-0.2, -0.15) is 5.26 Å². The number of nitriles is 1. The summed E-state index contributed by atoms with van der Waals surface area (Å²) in [6.45, 7) is -1.44. The first-order chi connectivity index (χ1) is 27.4. The predicted octanol–water partition coefficient (Wildman–Crippen LogP) is 4.72. The largest absolute Gasteiger partial charge is 0.695 e. The number of aryl methyl sites for hydroxylation is 1. The van der Waals surface area contributed by atoms with E-state index >= 15 is 8.78 Å². The Labute approximate surface area is 329 Å². The van der Waals surface area contributed by atoms with Crippen LogP contribution in [-0.4, -0.2) is 107 Å². The van der Waals surface area contributed by atoms with Crippen molar-refractivity contribution in [2.45, 2.75) is 75.9 Å². The van der Waals surface area contributed by atoms with Crippen LogP contribution in [0, 0.1) is 18.3 Å². The number of nitrogens with zero attached hydrogens (tertiary/aromatic N) is 10. The minimum Gasteiger partial charge on any atom is -0.349 e. The Morgan fingerprint density at radius 2 is 1.61 bits per heavy atom. The first-order valence-electron chi connectivity index (χ1n) is 17.5. The van der Waals surface area contributed by atoms with Gasteiger partial charge >= 0.3 is 15.0 Å². The Hall–Kier alpha value is -4.39. The lowest BCUT2D eigenvalue weighted by Crippen LogP contribution is -2.34. The number of ether oxygens (including phenoxy) is 2. The molecule has 5 aromatic rings. The van der Waals surface area contributed by atoms with Crippen LogP contribution in [0.5, 0.6) is 0 Å². The first-order valence-corrected chi connectivity index (χ1v) is 21.1. The molecule has 0 bridgehead atoms. The summed E-state index contributed by atoms with van der Waals surface area (Å²) in [5.74, 6) is -0.170. The van der Waals surface area contributed by atoms with E-state index in [0.29, 0.717) is 16.8 Å². The van der Waals surface area contributed by atoms with Gasteiger partial charge in [0, 0.05) is 17.2 Å². The molecule has 19 nitrogen and oxygen atoms in total. The topological polar surface area (TPSA) is 224 Å². The number of aromatic nitrogens is 8. The monoisotopic (exact) mass is 847 g/mol. The Bertz CT molecular complexity index is 2360. The van der Waals surface area contributed by atoms with E-state index in [1.54, 1.807) is 44.2 Å². The molecule has 24 heteroatoms. The second kappa shape index (κ2) is 17.2. The van der Waals surface area contributed by atoms with Crippen LogP contribution in [0.3, 0.4) is 0 Å². The van der Waals surface area contributed by atoms with E-state index in [0.717, 1.165) is 0 Å². The second-order valence-corrected chi connectivity index (χ2v) is 16.5. The highest BCUT2D eigenvalue weighted by Gasteiger charge is 2.53. The molecule has 7 rings (SSSR count). The maximum atomic E-state index is 16.7. The zero-order valence-corrected chi connectivity index (χ0v) is 33.0. The zero-order valence-electron chi connectivity index (χ0n) is 30.4. The molecule has 2 unspecified atom stereocenters.